The predicted molar refractivity (Wildman–Crippen MR) is 78.2 cm³/mol. The molecule has 0 radical (unpaired) electrons. The molecule has 1 aromatic carbocycles. The van der Waals surface area contributed by atoms with Crippen LogP contribution in [-0.4, -0.2) is 55.4 Å². The Morgan fingerprint density at radius 3 is 2.80 bits per heavy atom. The zero-order chi connectivity index (χ0) is 14.4. The largest absolute Gasteiger partial charge is 0.478 e. The van der Waals surface area contributed by atoms with Crippen LogP contribution in [0.5, 0.6) is 0 Å². The van der Waals surface area contributed by atoms with E-state index in [9.17, 15) is 4.79 Å². The van der Waals surface area contributed by atoms with Crippen LogP contribution in [0.1, 0.15) is 16.8 Å². The lowest BCUT2D eigenvalue weighted by Crippen LogP contribution is -2.37. The highest BCUT2D eigenvalue weighted by Crippen LogP contribution is 2.17. The lowest BCUT2D eigenvalue weighted by Gasteiger charge is -2.26. The van der Waals surface area contributed by atoms with Crippen LogP contribution in [0.3, 0.4) is 0 Å². The third-order valence-corrected chi connectivity index (χ3v) is 3.37. The molecule has 1 fully saturated rings. The van der Waals surface area contributed by atoms with Gasteiger partial charge in [-0.1, -0.05) is 0 Å². The van der Waals surface area contributed by atoms with Gasteiger partial charge in [-0.3, -0.25) is 4.90 Å². The van der Waals surface area contributed by atoms with Gasteiger partial charge in [-0.25, -0.2) is 4.79 Å². The summed E-state index contributed by atoms with van der Waals surface area (Å²) in [5.41, 5.74) is 6.99. The van der Waals surface area contributed by atoms with Crippen molar-refractivity contribution >= 4 is 17.3 Å². The van der Waals surface area contributed by atoms with Gasteiger partial charge < -0.3 is 20.9 Å². The summed E-state index contributed by atoms with van der Waals surface area (Å²) in [6.45, 7) is 5.52. The number of nitrogens with zero attached hydrogens (tertiary/aromatic N) is 1. The quantitative estimate of drug-likeness (QED) is 0.534. The van der Waals surface area contributed by atoms with Gasteiger partial charge in [-0.15, -0.1) is 0 Å². The second-order valence-electron chi connectivity index (χ2n) is 4.84. The van der Waals surface area contributed by atoms with Crippen molar-refractivity contribution in [1.82, 2.24) is 4.90 Å². The fourth-order valence-corrected chi connectivity index (χ4v) is 2.23. The van der Waals surface area contributed by atoms with Crippen molar-refractivity contribution in [2.75, 3.05) is 50.4 Å². The summed E-state index contributed by atoms with van der Waals surface area (Å²) in [7, 11) is 0. The number of nitrogen functional groups attached to an aromatic ring is 1. The van der Waals surface area contributed by atoms with E-state index in [0.717, 1.165) is 51.5 Å². The second-order valence-corrected chi connectivity index (χ2v) is 4.84. The van der Waals surface area contributed by atoms with Gasteiger partial charge in [0, 0.05) is 31.0 Å². The highest BCUT2D eigenvalue weighted by molar-refractivity contribution is 5.94. The minimum Gasteiger partial charge on any atom is -0.478 e. The van der Waals surface area contributed by atoms with Crippen molar-refractivity contribution < 1.29 is 14.6 Å². The minimum atomic E-state index is -0.999. The molecule has 0 aliphatic carbocycles. The van der Waals surface area contributed by atoms with Crippen LogP contribution in [0.15, 0.2) is 18.2 Å². The van der Waals surface area contributed by atoms with Crippen molar-refractivity contribution in [3.63, 3.8) is 0 Å². The van der Waals surface area contributed by atoms with Gasteiger partial charge in [0.25, 0.3) is 0 Å². The molecule has 1 aliphatic rings. The van der Waals surface area contributed by atoms with E-state index >= 15 is 0 Å². The first-order valence-electron chi connectivity index (χ1n) is 6.83. The highest BCUT2D eigenvalue weighted by Gasteiger charge is 2.10. The Morgan fingerprint density at radius 1 is 1.40 bits per heavy atom. The maximum absolute atomic E-state index is 10.9. The number of benzene rings is 1. The van der Waals surface area contributed by atoms with Gasteiger partial charge in [0.15, 0.2) is 0 Å². The number of carbonyl (C=O) groups is 1. The molecule has 0 saturated carbocycles. The van der Waals surface area contributed by atoms with Crippen LogP contribution in [0, 0.1) is 0 Å². The molecule has 1 heterocycles. The number of morpholine rings is 1. The first-order chi connectivity index (χ1) is 9.66. The van der Waals surface area contributed by atoms with Crippen molar-refractivity contribution in [1.29, 1.82) is 0 Å². The molecule has 0 bridgehead atoms. The fourth-order valence-electron chi connectivity index (χ4n) is 2.23. The highest BCUT2D eigenvalue weighted by atomic mass is 16.5. The molecule has 0 aromatic heterocycles. The average molecular weight is 279 g/mol. The summed E-state index contributed by atoms with van der Waals surface area (Å²) in [5.74, 6) is -0.999. The van der Waals surface area contributed by atoms with E-state index in [1.807, 2.05) is 0 Å². The Kier molecular flexibility index (Phi) is 5.20. The van der Waals surface area contributed by atoms with Crippen molar-refractivity contribution in [2.24, 2.45) is 0 Å². The zero-order valence-electron chi connectivity index (χ0n) is 11.5. The number of hydrogen-bond acceptors (Lipinski definition) is 5. The van der Waals surface area contributed by atoms with Crippen LogP contribution in [0.25, 0.3) is 0 Å². The molecule has 1 aliphatic heterocycles. The van der Waals surface area contributed by atoms with E-state index in [-0.39, 0.29) is 11.3 Å². The third kappa shape index (κ3) is 4.11. The van der Waals surface area contributed by atoms with E-state index in [1.165, 1.54) is 6.07 Å². The van der Waals surface area contributed by atoms with E-state index < -0.39 is 5.97 Å². The van der Waals surface area contributed by atoms with E-state index in [4.69, 9.17) is 15.6 Å². The van der Waals surface area contributed by atoms with Crippen LogP contribution >= 0.6 is 0 Å². The normalized spacial score (nSPS) is 16.0. The number of nitrogens with one attached hydrogen (secondary N) is 1. The summed E-state index contributed by atoms with van der Waals surface area (Å²) in [6, 6.07) is 4.94. The molecule has 20 heavy (non-hydrogen) atoms. The maximum atomic E-state index is 10.9. The molecule has 2 rings (SSSR count). The second kappa shape index (κ2) is 7.12. The smallest absolute Gasteiger partial charge is 0.337 e. The monoisotopic (exact) mass is 279 g/mol. The standard InChI is InChI=1S/C14H21N3O3/c15-13-10-11(2-3-12(13)14(18)19)16-4-1-5-17-6-8-20-9-7-17/h2-3,10,16H,1,4-9,15H2,(H,18,19). The Labute approximate surface area is 118 Å². The van der Waals surface area contributed by atoms with Gasteiger partial charge >= 0.3 is 5.97 Å². The van der Waals surface area contributed by atoms with Crippen LogP contribution in [0.2, 0.25) is 0 Å². The third-order valence-electron chi connectivity index (χ3n) is 3.37. The number of carboxylic acids is 1. The van der Waals surface area contributed by atoms with Gasteiger partial charge in [0.1, 0.15) is 0 Å². The number of anilines is 2. The van der Waals surface area contributed by atoms with E-state index in [1.54, 1.807) is 12.1 Å². The summed E-state index contributed by atoms with van der Waals surface area (Å²) in [5, 5.41) is 12.2. The van der Waals surface area contributed by atoms with Gasteiger partial charge in [-0.2, -0.15) is 0 Å². The molecule has 6 heteroatoms. The molecule has 6 nitrogen and oxygen atoms in total. The molecule has 0 unspecified atom stereocenters. The first-order valence-corrected chi connectivity index (χ1v) is 6.83. The Morgan fingerprint density at radius 2 is 2.15 bits per heavy atom. The molecule has 4 N–H and O–H groups in total. The lowest BCUT2D eigenvalue weighted by molar-refractivity contribution is 0.0378. The topological polar surface area (TPSA) is 87.8 Å². The van der Waals surface area contributed by atoms with Crippen molar-refractivity contribution in [3.05, 3.63) is 23.8 Å². The number of nitrogens with two attached hydrogens (primary N) is 1. The first kappa shape index (κ1) is 14.6. The van der Waals surface area contributed by atoms with E-state index in [2.05, 4.69) is 10.2 Å². The Balaban J connectivity index is 1.73. The predicted octanol–water partition coefficient (Wildman–Crippen LogP) is 1.10. The number of aromatic carboxylic acids is 1. The van der Waals surface area contributed by atoms with Crippen LogP contribution in [0.4, 0.5) is 11.4 Å². The number of hydrogen-bond donors (Lipinski definition) is 3. The molecule has 110 valence electrons. The molecule has 0 atom stereocenters. The van der Waals surface area contributed by atoms with Crippen LogP contribution in [-0.2, 0) is 4.74 Å². The zero-order valence-corrected chi connectivity index (χ0v) is 11.5. The molecule has 0 amide bonds. The number of ether oxygens (including phenoxy) is 1. The van der Waals surface area contributed by atoms with Crippen LogP contribution < -0.4 is 11.1 Å². The molecular weight excluding hydrogens is 258 g/mol. The van der Waals surface area contributed by atoms with Gasteiger partial charge in [0.2, 0.25) is 0 Å². The maximum Gasteiger partial charge on any atom is 0.337 e. The molecule has 1 saturated heterocycles. The summed E-state index contributed by atoms with van der Waals surface area (Å²) in [4.78, 5) is 13.2. The number of rotatable bonds is 6. The summed E-state index contributed by atoms with van der Waals surface area (Å²) >= 11 is 0. The van der Waals surface area contributed by atoms with Crippen molar-refractivity contribution in [2.45, 2.75) is 6.42 Å². The summed E-state index contributed by atoms with van der Waals surface area (Å²) < 4.78 is 5.30. The summed E-state index contributed by atoms with van der Waals surface area (Å²) in [6.07, 6.45) is 1.03. The van der Waals surface area contributed by atoms with E-state index in [0.29, 0.717) is 0 Å². The lowest BCUT2D eigenvalue weighted by atomic mass is 10.1. The minimum absolute atomic E-state index is 0.142. The Bertz CT molecular complexity index is 459. The van der Waals surface area contributed by atoms with Crippen molar-refractivity contribution in [3.8, 4) is 0 Å². The molecular formula is C14H21N3O3. The average Bonchev–Trinajstić information content (AvgIpc) is 2.44. The Hall–Kier alpha value is -1.79. The fraction of sp³-hybridized carbons (Fsp3) is 0.500. The SMILES string of the molecule is Nc1cc(NCCCN2CCOCC2)ccc1C(=O)O. The van der Waals surface area contributed by atoms with Gasteiger partial charge in [-0.05, 0) is 31.2 Å². The number of carboxylic acid groups (broad SMARTS) is 1. The molecule has 0 spiro atoms. The van der Waals surface area contributed by atoms with Gasteiger partial charge in [0.05, 0.1) is 18.8 Å². The molecule has 1 aromatic rings.